The van der Waals surface area contributed by atoms with Gasteiger partial charge in [-0.1, -0.05) is 28.1 Å². The fourth-order valence-electron chi connectivity index (χ4n) is 3.25. The van der Waals surface area contributed by atoms with Crippen LogP contribution in [0.4, 0.5) is 5.69 Å². The smallest absolute Gasteiger partial charge is 0.337 e. The highest BCUT2D eigenvalue weighted by Crippen LogP contribution is 2.61. The topological polar surface area (TPSA) is 124 Å². The number of carboxylic acids is 1. The Labute approximate surface area is 180 Å². The fourth-order valence-corrected chi connectivity index (χ4v) is 5.34. The Kier molecular flexibility index (Phi) is 4.99. The number of hydrogen-bond donors (Lipinski definition) is 4. The number of nitrogens with one attached hydrogen (secondary N) is 1. The van der Waals surface area contributed by atoms with E-state index in [9.17, 15) is 28.6 Å². The molecule has 3 aromatic rings. The first kappa shape index (κ1) is 20.3. The normalized spacial score (nSPS) is 15.0. The average molecular weight is 488 g/mol. The van der Waals surface area contributed by atoms with Gasteiger partial charge < -0.3 is 10.4 Å². The lowest BCUT2D eigenvalue weighted by molar-refractivity contribution is 0.0697. The monoisotopic (exact) mass is 487 g/mol. The van der Waals surface area contributed by atoms with Gasteiger partial charge >= 0.3 is 5.97 Å². The van der Waals surface area contributed by atoms with E-state index in [0.29, 0.717) is 4.47 Å². The van der Waals surface area contributed by atoms with Gasteiger partial charge in [-0.15, -0.1) is 10.6 Å². The van der Waals surface area contributed by atoms with E-state index in [2.05, 4.69) is 21.2 Å². The van der Waals surface area contributed by atoms with Crippen molar-refractivity contribution in [2.75, 3.05) is 5.32 Å². The molecule has 3 aromatic carbocycles. The Morgan fingerprint density at radius 3 is 2.33 bits per heavy atom. The minimum atomic E-state index is -3.49. The maximum absolute atomic E-state index is 12.7. The van der Waals surface area contributed by atoms with Crippen LogP contribution in [0.3, 0.4) is 0 Å². The molecule has 0 atom stereocenters. The summed E-state index contributed by atoms with van der Waals surface area (Å²) in [7, 11) is -3.49. The summed E-state index contributed by atoms with van der Waals surface area (Å²) in [4.78, 5) is 37.0. The van der Waals surface area contributed by atoms with Crippen LogP contribution in [0.2, 0.25) is 0 Å². The van der Waals surface area contributed by atoms with Crippen molar-refractivity contribution in [2.24, 2.45) is 0 Å². The van der Waals surface area contributed by atoms with Crippen LogP contribution in [-0.2, 0) is 0 Å². The van der Waals surface area contributed by atoms with E-state index in [1.165, 1.54) is 42.5 Å². The van der Waals surface area contributed by atoms with E-state index < -0.39 is 22.5 Å². The lowest BCUT2D eigenvalue weighted by Gasteiger charge is -2.38. The zero-order chi connectivity index (χ0) is 21.6. The molecule has 0 aromatic heterocycles. The van der Waals surface area contributed by atoms with Crippen LogP contribution in [-0.4, -0.2) is 31.9 Å². The Bertz CT molecular complexity index is 1240. The summed E-state index contributed by atoms with van der Waals surface area (Å²) in [5, 5.41) is 11.9. The second kappa shape index (κ2) is 7.37. The molecular weight excluding hydrogens is 474 g/mol. The van der Waals surface area contributed by atoms with Gasteiger partial charge in [-0.3, -0.25) is 18.7 Å². The van der Waals surface area contributed by atoms with E-state index in [-0.39, 0.29) is 43.5 Å². The minimum absolute atomic E-state index is 0.0342. The molecule has 1 amide bonds. The Morgan fingerprint density at radius 2 is 1.60 bits per heavy atom. The highest BCUT2D eigenvalue weighted by atomic mass is 79.9. The maximum atomic E-state index is 12.7. The summed E-state index contributed by atoms with van der Waals surface area (Å²) in [5.41, 5.74) is 0.356. The molecule has 30 heavy (non-hydrogen) atoms. The van der Waals surface area contributed by atoms with E-state index in [0.717, 1.165) is 0 Å². The van der Waals surface area contributed by atoms with E-state index in [4.69, 9.17) is 0 Å². The first-order chi connectivity index (χ1) is 14.2. The molecule has 0 fully saturated rings. The van der Waals surface area contributed by atoms with Crippen molar-refractivity contribution < 1.29 is 28.6 Å². The first-order valence-corrected chi connectivity index (χ1v) is 10.9. The molecule has 4 rings (SSSR count). The molecule has 0 unspecified atom stereocenters. The third kappa shape index (κ3) is 3.31. The van der Waals surface area contributed by atoms with Gasteiger partial charge in [0, 0.05) is 21.2 Å². The predicted octanol–water partition coefficient (Wildman–Crippen LogP) is 5.11. The van der Waals surface area contributed by atoms with Gasteiger partial charge in [-0.05, 0) is 48.5 Å². The van der Waals surface area contributed by atoms with Gasteiger partial charge in [0.1, 0.15) is 0 Å². The number of benzene rings is 3. The highest BCUT2D eigenvalue weighted by Gasteiger charge is 2.35. The molecule has 0 saturated heterocycles. The molecule has 7 nitrogen and oxygen atoms in total. The molecule has 1 aliphatic rings. The fraction of sp³-hybridized carbons (Fsp3) is 0. The van der Waals surface area contributed by atoms with Gasteiger partial charge in [0.2, 0.25) is 0 Å². The number of halogens is 1. The number of anilines is 1. The van der Waals surface area contributed by atoms with Gasteiger partial charge in [0.05, 0.1) is 21.0 Å². The summed E-state index contributed by atoms with van der Waals surface area (Å²) in [6.07, 6.45) is 0. The lowest BCUT2D eigenvalue weighted by atomic mass is 10.0. The molecule has 1 aliphatic heterocycles. The summed E-state index contributed by atoms with van der Waals surface area (Å²) >= 11 is 3.19. The standard InChI is InChI=1S/C21H14BrNO6S/c22-12-6-8-16(15(10-12)21(26)27)23-20(25)11-5-7-14-18(9-11)30(28,29)17-4-2-1-3-13(17)19(14)24/h1-10,28-29H,(H,23,25)(H,26,27). The summed E-state index contributed by atoms with van der Waals surface area (Å²) < 4.78 is 22.2. The van der Waals surface area contributed by atoms with Crippen molar-refractivity contribution >= 4 is 49.9 Å². The number of ketones is 1. The number of carbonyl (C=O) groups excluding carboxylic acids is 2. The van der Waals surface area contributed by atoms with Crippen molar-refractivity contribution in [1.29, 1.82) is 0 Å². The van der Waals surface area contributed by atoms with Crippen molar-refractivity contribution in [2.45, 2.75) is 9.79 Å². The number of hydrogen-bond acceptors (Lipinski definition) is 5. The number of carbonyl (C=O) groups is 3. The lowest BCUT2D eigenvalue weighted by Crippen LogP contribution is -2.20. The minimum Gasteiger partial charge on any atom is -0.478 e. The van der Waals surface area contributed by atoms with Crippen LogP contribution >= 0.6 is 26.5 Å². The van der Waals surface area contributed by atoms with Crippen LogP contribution in [0.15, 0.2) is 74.9 Å². The summed E-state index contributed by atoms with van der Waals surface area (Å²) in [6.45, 7) is 0. The molecule has 0 spiro atoms. The van der Waals surface area contributed by atoms with Crippen LogP contribution in [0, 0.1) is 0 Å². The average Bonchev–Trinajstić information content (AvgIpc) is 2.73. The van der Waals surface area contributed by atoms with Gasteiger partial charge in [-0.2, -0.15) is 0 Å². The van der Waals surface area contributed by atoms with Crippen LogP contribution in [0.1, 0.15) is 36.6 Å². The second-order valence-corrected chi connectivity index (χ2v) is 9.43. The Hall–Kier alpha value is -2.98. The molecule has 0 radical (unpaired) electrons. The molecule has 1 heterocycles. The zero-order valence-corrected chi connectivity index (χ0v) is 17.5. The predicted molar refractivity (Wildman–Crippen MR) is 115 cm³/mol. The van der Waals surface area contributed by atoms with E-state index in [1.807, 2.05) is 0 Å². The molecule has 4 N–H and O–H groups in total. The molecule has 0 aliphatic carbocycles. The Morgan fingerprint density at radius 1 is 0.900 bits per heavy atom. The number of carboxylic acid groups (broad SMARTS) is 1. The van der Waals surface area contributed by atoms with E-state index in [1.54, 1.807) is 18.2 Å². The molecule has 152 valence electrons. The van der Waals surface area contributed by atoms with Gasteiger partial charge in [0.25, 0.3) is 5.91 Å². The summed E-state index contributed by atoms with van der Waals surface area (Å²) in [5.74, 6) is -2.22. The molecular formula is C21H14BrNO6S. The number of aromatic carboxylic acids is 1. The van der Waals surface area contributed by atoms with Gasteiger partial charge in [0.15, 0.2) is 5.78 Å². The van der Waals surface area contributed by atoms with Crippen molar-refractivity contribution in [3.63, 3.8) is 0 Å². The van der Waals surface area contributed by atoms with Crippen molar-refractivity contribution in [1.82, 2.24) is 0 Å². The van der Waals surface area contributed by atoms with Crippen molar-refractivity contribution in [3.8, 4) is 0 Å². The second-order valence-electron chi connectivity index (χ2n) is 6.53. The first-order valence-electron chi connectivity index (χ1n) is 8.60. The zero-order valence-electron chi connectivity index (χ0n) is 15.1. The molecule has 0 bridgehead atoms. The maximum Gasteiger partial charge on any atom is 0.337 e. The highest BCUT2D eigenvalue weighted by molar-refractivity contribution is 9.10. The van der Waals surface area contributed by atoms with Crippen LogP contribution < -0.4 is 5.32 Å². The molecule has 9 heteroatoms. The SMILES string of the molecule is O=C(Nc1ccc(Br)cc1C(=O)O)c1ccc2c(c1)S(O)(O)c1ccccc1C2=O. The van der Waals surface area contributed by atoms with Crippen LogP contribution in [0.5, 0.6) is 0 Å². The quantitative estimate of drug-likeness (QED) is 0.406. The van der Waals surface area contributed by atoms with Crippen molar-refractivity contribution in [3.05, 3.63) is 87.4 Å². The number of fused-ring (bicyclic) bond motifs is 2. The number of rotatable bonds is 3. The van der Waals surface area contributed by atoms with E-state index >= 15 is 0 Å². The Balaban J connectivity index is 1.74. The third-order valence-corrected chi connectivity index (χ3v) is 7.11. The summed E-state index contributed by atoms with van der Waals surface area (Å²) in [6, 6.07) is 14.6. The van der Waals surface area contributed by atoms with Gasteiger partial charge in [-0.25, -0.2) is 4.79 Å². The van der Waals surface area contributed by atoms with Crippen LogP contribution in [0.25, 0.3) is 0 Å². The number of amides is 1. The third-order valence-electron chi connectivity index (χ3n) is 4.69. The largest absolute Gasteiger partial charge is 0.478 e. The molecule has 0 saturated carbocycles.